The lowest BCUT2D eigenvalue weighted by molar-refractivity contribution is -0.384. The van der Waals surface area contributed by atoms with E-state index in [9.17, 15) is 19.7 Å². The topological polar surface area (TPSA) is 92.6 Å². The Morgan fingerprint density at radius 2 is 2.08 bits per heavy atom. The largest absolute Gasteiger partial charge is 0.324 e. The second kappa shape index (κ2) is 7.57. The summed E-state index contributed by atoms with van der Waals surface area (Å²) in [4.78, 5) is 37.7. The normalized spacial score (nSPS) is 16.6. The fourth-order valence-electron chi connectivity index (χ4n) is 2.74. The number of nitrogens with one attached hydrogen (secondary N) is 1. The summed E-state index contributed by atoms with van der Waals surface area (Å²) in [6.45, 7) is 1.83. The van der Waals surface area contributed by atoms with Crippen LogP contribution in [0.25, 0.3) is 0 Å². The first-order chi connectivity index (χ1) is 12.4. The number of anilines is 2. The van der Waals surface area contributed by atoms with Crippen molar-refractivity contribution >= 4 is 40.6 Å². The molecule has 1 aliphatic heterocycles. The first-order valence-corrected chi connectivity index (χ1v) is 8.92. The molecular weight excluding hydrogens is 354 g/mol. The first kappa shape index (κ1) is 17.9. The number of non-ortho nitro benzene ring substituents is 1. The number of amides is 2. The van der Waals surface area contributed by atoms with Gasteiger partial charge in [-0.05, 0) is 18.2 Å². The summed E-state index contributed by atoms with van der Waals surface area (Å²) in [6.07, 6.45) is 0.337. The molecule has 1 N–H and O–H groups in total. The fraction of sp³-hybridized carbons (Fsp3) is 0.222. The van der Waals surface area contributed by atoms with Gasteiger partial charge < -0.3 is 10.2 Å². The van der Waals surface area contributed by atoms with Crippen LogP contribution in [0.5, 0.6) is 0 Å². The van der Waals surface area contributed by atoms with E-state index in [-0.39, 0.29) is 23.4 Å². The molecule has 2 aromatic rings. The Balaban J connectivity index is 1.79. The maximum absolute atomic E-state index is 12.6. The lowest BCUT2D eigenvalue weighted by Gasteiger charge is -2.22. The summed E-state index contributed by atoms with van der Waals surface area (Å²) < 4.78 is 0. The predicted octanol–water partition coefficient (Wildman–Crippen LogP) is 3.45. The Labute approximate surface area is 154 Å². The molecule has 3 rings (SSSR count). The summed E-state index contributed by atoms with van der Waals surface area (Å²) in [7, 11) is 0. The first-order valence-electron chi connectivity index (χ1n) is 8.04. The number of para-hydroxylation sites is 1. The summed E-state index contributed by atoms with van der Waals surface area (Å²) in [5, 5.41) is 13.6. The summed E-state index contributed by atoms with van der Waals surface area (Å²) in [5.74, 6) is -0.530. The monoisotopic (exact) mass is 371 g/mol. The van der Waals surface area contributed by atoms with E-state index >= 15 is 0 Å². The number of carbonyl (C=O) groups excluding carboxylic acids is 2. The van der Waals surface area contributed by atoms with Crippen LogP contribution in [0.2, 0.25) is 0 Å². The van der Waals surface area contributed by atoms with Crippen LogP contribution in [-0.4, -0.2) is 28.5 Å². The molecule has 0 fully saturated rings. The predicted molar refractivity (Wildman–Crippen MR) is 100 cm³/mol. The van der Waals surface area contributed by atoms with Crippen LogP contribution in [0, 0.1) is 10.1 Å². The van der Waals surface area contributed by atoms with E-state index in [4.69, 9.17) is 0 Å². The molecule has 0 bridgehead atoms. The SMILES string of the molecule is C[C@H]1CC(=O)N(CC(=O)Nc2cccc([N+](=O)[O-])c2)c2ccccc2S1. The lowest BCUT2D eigenvalue weighted by atomic mass is 10.2. The van der Waals surface area contributed by atoms with Crippen molar-refractivity contribution in [3.8, 4) is 0 Å². The zero-order valence-corrected chi connectivity index (χ0v) is 14.9. The molecule has 26 heavy (non-hydrogen) atoms. The van der Waals surface area contributed by atoms with E-state index in [1.54, 1.807) is 17.8 Å². The summed E-state index contributed by atoms with van der Waals surface area (Å²) >= 11 is 1.61. The Hall–Kier alpha value is -2.87. The van der Waals surface area contributed by atoms with Crippen molar-refractivity contribution in [3.05, 3.63) is 58.6 Å². The van der Waals surface area contributed by atoms with Gasteiger partial charge in [0.1, 0.15) is 6.54 Å². The number of hydrogen-bond donors (Lipinski definition) is 1. The van der Waals surface area contributed by atoms with Gasteiger partial charge in [0.25, 0.3) is 5.69 Å². The average Bonchev–Trinajstić information content (AvgIpc) is 2.71. The molecule has 0 aromatic heterocycles. The van der Waals surface area contributed by atoms with Crippen molar-refractivity contribution in [1.82, 2.24) is 0 Å². The molecule has 0 saturated heterocycles. The molecule has 0 spiro atoms. The second-order valence-corrected chi connectivity index (χ2v) is 7.42. The van der Waals surface area contributed by atoms with Crippen LogP contribution in [-0.2, 0) is 9.59 Å². The van der Waals surface area contributed by atoms with Gasteiger partial charge in [0.15, 0.2) is 0 Å². The summed E-state index contributed by atoms with van der Waals surface area (Å²) in [5.41, 5.74) is 0.924. The molecule has 0 saturated carbocycles. The fourth-order valence-corrected chi connectivity index (χ4v) is 3.86. The lowest BCUT2D eigenvalue weighted by Crippen LogP contribution is -2.38. The van der Waals surface area contributed by atoms with E-state index in [2.05, 4.69) is 5.32 Å². The highest BCUT2D eigenvalue weighted by Gasteiger charge is 2.27. The molecule has 1 atom stereocenters. The molecule has 134 valence electrons. The van der Waals surface area contributed by atoms with Crippen molar-refractivity contribution < 1.29 is 14.5 Å². The van der Waals surface area contributed by atoms with Gasteiger partial charge in [-0.15, -0.1) is 11.8 Å². The van der Waals surface area contributed by atoms with E-state index < -0.39 is 10.8 Å². The van der Waals surface area contributed by atoms with Crippen LogP contribution in [0.3, 0.4) is 0 Å². The minimum atomic E-state index is -0.525. The highest BCUT2D eigenvalue weighted by atomic mass is 32.2. The van der Waals surface area contributed by atoms with Gasteiger partial charge in [-0.2, -0.15) is 0 Å². The van der Waals surface area contributed by atoms with E-state index in [1.807, 2.05) is 31.2 Å². The molecule has 1 heterocycles. The molecule has 8 heteroatoms. The molecule has 2 amide bonds. The third-order valence-electron chi connectivity index (χ3n) is 3.89. The maximum atomic E-state index is 12.6. The van der Waals surface area contributed by atoms with Gasteiger partial charge in [-0.1, -0.05) is 25.1 Å². The zero-order chi connectivity index (χ0) is 18.7. The van der Waals surface area contributed by atoms with Crippen LogP contribution in [0.1, 0.15) is 13.3 Å². The smallest absolute Gasteiger partial charge is 0.271 e. The number of nitro benzene ring substituents is 1. The number of thioether (sulfide) groups is 1. The second-order valence-electron chi connectivity index (χ2n) is 5.94. The number of nitro groups is 1. The highest BCUT2D eigenvalue weighted by Crippen LogP contribution is 2.37. The Morgan fingerprint density at radius 3 is 2.85 bits per heavy atom. The number of benzene rings is 2. The molecule has 7 nitrogen and oxygen atoms in total. The number of hydrogen-bond acceptors (Lipinski definition) is 5. The molecule has 0 unspecified atom stereocenters. The standard InChI is InChI=1S/C18H17N3O4S/c1-12-9-18(23)20(15-7-2-3-8-16(15)26-12)11-17(22)19-13-5-4-6-14(10-13)21(24)25/h2-8,10,12H,9,11H2,1H3,(H,19,22)/t12-/m0/s1. The number of fused-ring (bicyclic) bond motifs is 1. The van der Waals surface area contributed by atoms with Crippen LogP contribution in [0.15, 0.2) is 53.4 Å². The molecule has 2 aromatic carbocycles. The van der Waals surface area contributed by atoms with E-state index in [0.29, 0.717) is 17.8 Å². The molecule has 0 aliphatic carbocycles. The highest BCUT2D eigenvalue weighted by molar-refractivity contribution is 8.00. The van der Waals surface area contributed by atoms with Crippen molar-refractivity contribution in [1.29, 1.82) is 0 Å². The third kappa shape index (κ3) is 4.02. The van der Waals surface area contributed by atoms with Crippen LogP contribution >= 0.6 is 11.8 Å². The Bertz CT molecular complexity index is 871. The quantitative estimate of drug-likeness (QED) is 0.656. The average molecular weight is 371 g/mol. The Morgan fingerprint density at radius 1 is 1.31 bits per heavy atom. The molecular formula is C18H17N3O4S. The Kier molecular flexibility index (Phi) is 5.22. The van der Waals surface area contributed by atoms with Crippen molar-refractivity contribution in [2.75, 3.05) is 16.8 Å². The van der Waals surface area contributed by atoms with Crippen LogP contribution in [0.4, 0.5) is 17.1 Å². The summed E-state index contributed by atoms with van der Waals surface area (Å²) in [6, 6.07) is 13.2. The zero-order valence-electron chi connectivity index (χ0n) is 14.0. The minimum Gasteiger partial charge on any atom is -0.324 e. The van der Waals surface area contributed by atoms with Crippen molar-refractivity contribution in [2.24, 2.45) is 0 Å². The molecule has 0 radical (unpaired) electrons. The van der Waals surface area contributed by atoms with Gasteiger partial charge in [-0.25, -0.2) is 0 Å². The van der Waals surface area contributed by atoms with Gasteiger partial charge in [0.2, 0.25) is 11.8 Å². The van der Waals surface area contributed by atoms with Gasteiger partial charge >= 0.3 is 0 Å². The van der Waals surface area contributed by atoms with Crippen LogP contribution < -0.4 is 10.2 Å². The number of rotatable bonds is 4. The van der Waals surface area contributed by atoms with Gasteiger partial charge in [0.05, 0.1) is 10.6 Å². The molecule has 1 aliphatic rings. The van der Waals surface area contributed by atoms with E-state index in [1.165, 1.54) is 23.1 Å². The van der Waals surface area contributed by atoms with Crippen molar-refractivity contribution in [3.63, 3.8) is 0 Å². The third-order valence-corrected chi connectivity index (χ3v) is 5.06. The number of nitrogens with zero attached hydrogens (tertiary/aromatic N) is 2. The number of carbonyl (C=O) groups is 2. The van der Waals surface area contributed by atoms with Gasteiger partial charge in [-0.3, -0.25) is 19.7 Å². The van der Waals surface area contributed by atoms with Gasteiger partial charge in [0, 0.05) is 34.4 Å². The minimum absolute atomic E-state index is 0.107. The van der Waals surface area contributed by atoms with E-state index in [0.717, 1.165) is 4.90 Å². The maximum Gasteiger partial charge on any atom is 0.271 e. The van der Waals surface area contributed by atoms with Crippen molar-refractivity contribution in [2.45, 2.75) is 23.5 Å².